The molecule has 4 atom stereocenters. The summed E-state index contributed by atoms with van der Waals surface area (Å²) in [4.78, 5) is 40.6. The minimum Gasteiger partial charge on any atom is -0.465 e. The number of alkyl carbamates (subject to hydrolysis) is 1. The van der Waals surface area contributed by atoms with Gasteiger partial charge in [0.05, 0.1) is 6.04 Å². The van der Waals surface area contributed by atoms with E-state index in [1.807, 2.05) is 60.7 Å². The number of hydrogen-bond donors (Lipinski definition) is 3. The van der Waals surface area contributed by atoms with Gasteiger partial charge in [-0.1, -0.05) is 60.7 Å². The summed E-state index contributed by atoms with van der Waals surface area (Å²) < 4.78 is 5.35. The van der Waals surface area contributed by atoms with Crippen LogP contribution >= 0.6 is 0 Å². The number of carbonyl (C=O) groups is 3. The van der Waals surface area contributed by atoms with E-state index in [-0.39, 0.29) is 13.0 Å². The average molecular weight is 484 g/mol. The summed E-state index contributed by atoms with van der Waals surface area (Å²) in [6.07, 6.45) is -4.25. The van der Waals surface area contributed by atoms with E-state index < -0.39 is 48.0 Å². The van der Waals surface area contributed by atoms with Crippen LogP contribution in [0.5, 0.6) is 0 Å². The maximum Gasteiger partial charge on any atom is 0.409 e. The standard InChI is InChI=1S/C26H33N3O6/c1-17-28(16-19-13-9-6-10-14-19)23(31)21(29(17)25(33)34)22(30)20(15-18-11-7-5-8-12-18)27-24(32)35-26(2,3)4/h5-14,17,20-22,30H,15-16H2,1-4H3,(H,27,32)(H,33,34)/t17?,20-,21?,22?/m0/s1. The predicted octanol–water partition coefficient (Wildman–Crippen LogP) is 3.22. The second-order valence-corrected chi connectivity index (χ2v) is 9.65. The number of carboxylic acid groups (broad SMARTS) is 1. The van der Waals surface area contributed by atoms with E-state index in [0.717, 1.165) is 16.0 Å². The van der Waals surface area contributed by atoms with Gasteiger partial charge in [0.15, 0.2) is 0 Å². The van der Waals surface area contributed by atoms with E-state index in [1.54, 1.807) is 27.7 Å². The number of aliphatic hydroxyl groups is 1. The normalized spacial score (nSPS) is 19.9. The molecule has 2 aromatic rings. The SMILES string of the molecule is CC1N(Cc2ccccc2)C(=O)C(C(O)[C@H](Cc2ccccc2)NC(=O)OC(C)(C)C)N1C(=O)O. The van der Waals surface area contributed by atoms with E-state index in [9.17, 15) is 24.6 Å². The van der Waals surface area contributed by atoms with Gasteiger partial charge >= 0.3 is 12.2 Å². The Morgan fingerprint density at radius 2 is 1.57 bits per heavy atom. The van der Waals surface area contributed by atoms with Crippen molar-refractivity contribution in [1.29, 1.82) is 0 Å². The van der Waals surface area contributed by atoms with Crippen molar-refractivity contribution in [2.75, 3.05) is 0 Å². The highest BCUT2D eigenvalue weighted by atomic mass is 16.6. The molecule has 188 valence electrons. The molecule has 1 fully saturated rings. The molecule has 0 aromatic heterocycles. The number of hydrogen-bond acceptors (Lipinski definition) is 5. The Morgan fingerprint density at radius 3 is 2.09 bits per heavy atom. The third-order valence-corrected chi connectivity index (χ3v) is 5.84. The summed E-state index contributed by atoms with van der Waals surface area (Å²) in [7, 11) is 0. The lowest BCUT2D eigenvalue weighted by atomic mass is 9.95. The van der Waals surface area contributed by atoms with Gasteiger partial charge in [0.2, 0.25) is 5.91 Å². The quantitative estimate of drug-likeness (QED) is 0.556. The molecular weight excluding hydrogens is 450 g/mol. The van der Waals surface area contributed by atoms with E-state index in [0.29, 0.717) is 0 Å². The fraction of sp³-hybridized carbons (Fsp3) is 0.423. The van der Waals surface area contributed by atoms with Crippen molar-refractivity contribution in [3.63, 3.8) is 0 Å². The Bertz CT molecular complexity index is 1020. The third-order valence-electron chi connectivity index (χ3n) is 5.84. The van der Waals surface area contributed by atoms with Crippen LogP contribution in [-0.4, -0.2) is 68.1 Å². The molecule has 1 heterocycles. The number of nitrogens with zero attached hydrogens (tertiary/aromatic N) is 2. The Balaban J connectivity index is 1.90. The van der Waals surface area contributed by atoms with Gasteiger partial charge in [-0.15, -0.1) is 0 Å². The number of carbonyl (C=O) groups excluding carboxylic acids is 2. The van der Waals surface area contributed by atoms with Crippen LogP contribution in [0, 0.1) is 0 Å². The molecule has 2 aromatic carbocycles. The van der Waals surface area contributed by atoms with Crippen molar-refractivity contribution in [3.05, 3.63) is 71.8 Å². The van der Waals surface area contributed by atoms with Crippen LogP contribution in [0.1, 0.15) is 38.8 Å². The van der Waals surface area contributed by atoms with Gasteiger partial charge in [-0.05, 0) is 45.2 Å². The van der Waals surface area contributed by atoms with E-state index in [2.05, 4.69) is 5.32 Å². The van der Waals surface area contributed by atoms with Gasteiger partial charge in [0.1, 0.15) is 23.9 Å². The summed E-state index contributed by atoms with van der Waals surface area (Å²) in [6, 6.07) is 16.0. The van der Waals surface area contributed by atoms with Crippen molar-refractivity contribution in [3.8, 4) is 0 Å². The lowest BCUT2D eigenvalue weighted by Gasteiger charge is -2.32. The first kappa shape index (κ1) is 26.0. The van der Waals surface area contributed by atoms with Crippen LogP contribution in [0.2, 0.25) is 0 Å². The second kappa shape index (κ2) is 10.8. The zero-order chi connectivity index (χ0) is 25.8. The van der Waals surface area contributed by atoms with Crippen LogP contribution in [0.3, 0.4) is 0 Å². The molecule has 9 heteroatoms. The molecule has 3 N–H and O–H groups in total. The molecule has 3 unspecified atom stereocenters. The van der Waals surface area contributed by atoms with Crippen molar-refractivity contribution in [2.24, 2.45) is 0 Å². The molecule has 0 saturated carbocycles. The molecule has 9 nitrogen and oxygen atoms in total. The highest BCUT2D eigenvalue weighted by Crippen LogP contribution is 2.28. The third kappa shape index (κ3) is 6.51. The van der Waals surface area contributed by atoms with Crippen LogP contribution < -0.4 is 5.32 Å². The smallest absolute Gasteiger partial charge is 0.409 e. The van der Waals surface area contributed by atoms with Gasteiger partial charge in [-0.25, -0.2) is 9.59 Å². The Hall–Kier alpha value is -3.59. The molecule has 0 radical (unpaired) electrons. The Morgan fingerprint density at radius 1 is 1.03 bits per heavy atom. The first-order valence-electron chi connectivity index (χ1n) is 11.5. The minimum absolute atomic E-state index is 0.172. The number of amides is 3. The molecule has 0 bridgehead atoms. The first-order chi connectivity index (χ1) is 16.5. The zero-order valence-corrected chi connectivity index (χ0v) is 20.4. The van der Waals surface area contributed by atoms with Crippen molar-refractivity contribution in [1.82, 2.24) is 15.1 Å². The molecule has 1 saturated heterocycles. The lowest BCUT2D eigenvalue weighted by molar-refractivity contribution is -0.133. The molecule has 0 spiro atoms. The van der Waals surface area contributed by atoms with E-state index in [4.69, 9.17) is 4.74 Å². The van der Waals surface area contributed by atoms with Crippen molar-refractivity contribution >= 4 is 18.1 Å². The summed E-state index contributed by atoms with van der Waals surface area (Å²) in [6.45, 7) is 6.94. The van der Waals surface area contributed by atoms with Gasteiger partial charge in [-0.2, -0.15) is 0 Å². The molecule has 35 heavy (non-hydrogen) atoms. The predicted molar refractivity (Wildman–Crippen MR) is 129 cm³/mol. The maximum atomic E-state index is 13.5. The van der Waals surface area contributed by atoms with Crippen LogP contribution in [0.4, 0.5) is 9.59 Å². The summed E-state index contributed by atoms with van der Waals surface area (Å²) in [5.74, 6) is -0.527. The largest absolute Gasteiger partial charge is 0.465 e. The summed E-state index contributed by atoms with van der Waals surface area (Å²) in [5.41, 5.74) is 0.860. The Labute approximate surface area is 205 Å². The summed E-state index contributed by atoms with van der Waals surface area (Å²) in [5, 5.41) is 24.0. The highest BCUT2D eigenvalue weighted by Gasteiger charge is 2.51. The number of aliphatic hydroxyl groups excluding tert-OH is 1. The Kier molecular flexibility index (Phi) is 8.01. The monoisotopic (exact) mass is 483 g/mol. The zero-order valence-electron chi connectivity index (χ0n) is 20.4. The molecule has 3 rings (SSSR count). The summed E-state index contributed by atoms with van der Waals surface area (Å²) >= 11 is 0. The highest BCUT2D eigenvalue weighted by molar-refractivity contribution is 5.89. The minimum atomic E-state index is -1.52. The fourth-order valence-electron chi connectivity index (χ4n) is 4.24. The molecule has 1 aliphatic heterocycles. The van der Waals surface area contributed by atoms with Crippen LogP contribution in [0.25, 0.3) is 0 Å². The molecule has 1 aliphatic rings. The van der Waals surface area contributed by atoms with E-state index >= 15 is 0 Å². The topological polar surface area (TPSA) is 119 Å². The fourth-order valence-corrected chi connectivity index (χ4v) is 4.24. The second-order valence-electron chi connectivity index (χ2n) is 9.65. The van der Waals surface area contributed by atoms with E-state index in [1.165, 1.54) is 4.90 Å². The molecule has 3 amide bonds. The molecule has 0 aliphatic carbocycles. The number of ether oxygens (including phenoxy) is 1. The van der Waals surface area contributed by atoms with Gasteiger partial charge in [-0.3, -0.25) is 9.69 Å². The first-order valence-corrected chi connectivity index (χ1v) is 11.5. The van der Waals surface area contributed by atoms with Crippen LogP contribution in [-0.2, 0) is 22.5 Å². The maximum absolute atomic E-state index is 13.5. The number of nitrogens with one attached hydrogen (secondary N) is 1. The molecular formula is C26H33N3O6. The van der Waals surface area contributed by atoms with Crippen molar-refractivity contribution in [2.45, 2.75) is 70.6 Å². The van der Waals surface area contributed by atoms with Gasteiger partial charge < -0.3 is 25.2 Å². The van der Waals surface area contributed by atoms with Gasteiger partial charge in [0, 0.05) is 6.54 Å². The van der Waals surface area contributed by atoms with Crippen molar-refractivity contribution < 1.29 is 29.3 Å². The number of rotatable bonds is 7. The van der Waals surface area contributed by atoms with Crippen LogP contribution in [0.15, 0.2) is 60.7 Å². The lowest BCUT2D eigenvalue weighted by Crippen LogP contribution is -2.57. The number of benzene rings is 2. The van der Waals surface area contributed by atoms with Gasteiger partial charge in [0.25, 0.3) is 0 Å². The average Bonchev–Trinajstić information content (AvgIpc) is 3.03.